The number of nitrogens with zero attached hydrogens (tertiary/aromatic N) is 2. The number of esters is 5. The second-order valence-electron chi connectivity index (χ2n) is 25.1. The minimum absolute atomic E-state index is 0.182. The molecule has 2 amide bonds. The van der Waals surface area contributed by atoms with Gasteiger partial charge >= 0.3 is 35.8 Å². The summed E-state index contributed by atoms with van der Waals surface area (Å²) in [5.74, 6) is -4.80. The van der Waals surface area contributed by atoms with Crippen molar-refractivity contribution in [2.45, 2.75) is 143 Å². The fraction of sp³-hybridized carbons (Fsp3) is 0.472. The molecule has 0 spiro atoms. The maximum atomic E-state index is 13.9. The van der Waals surface area contributed by atoms with Gasteiger partial charge in [-0.25, -0.2) is 28.8 Å². The summed E-state index contributed by atoms with van der Waals surface area (Å²) in [6.07, 6.45) is 5.07. The van der Waals surface area contributed by atoms with E-state index in [4.69, 9.17) is 57.2 Å². The molecule has 2 fully saturated rings. The van der Waals surface area contributed by atoms with Crippen LogP contribution in [0.3, 0.4) is 0 Å². The first-order chi connectivity index (χ1) is 45.5. The van der Waals surface area contributed by atoms with Gasteiger partial charge in [-0.3, -0.25) is 19.2 Å². The highest BCUT2D eigenvalue weighted by molar-refractivity contribution is 6.39. The van der Waals surface area contributed by atoms with Crippen LogP contribution in [0.5, 0.6) is 34.5 Å². The van der Waals surface area contributed by atoms with Gasteiger partial charge in [0.1, 0.15) is 54.6 Å². The lowest BCUT2D eigenvalue weighted by molar-refractivity contribution is -0.165. The zero-order valence-electron chi connectivity index (χ0n) is 56.7. The Morgan fingerprint density at radius 2 is 0.927 bits per heavy atom. The molecule has 2 aliphatic rings. The largest absolute Gasteiger partial charge is 0.493 e. The number of amides is 2. The molecule has 1 N–H and O–H groups in total. The zero-order valence-corrected chi connectivity index (χ0v) is 56.7. The molecule has 520 valence electrons. The normalized spacial score (nSPS) is 15.2. The van der Waals surface area contributed by atoms with Crippen LogP contribution in [0.15, 0.2) is 110 Å². The molecule has 24 nitrogen and oxygen atoms in total. The van der Waals surface area contributed by atoms with Crippen molar-refractivity contribution >= 4 is 59.2 Å². The van der Waals surface area contributed by atoms with E-state index in [0.717, 1.165) is 23.3 Å². The maximum absolute atomic E-state index is 13.9. The Kier molecular flexibility index (Phi) is 29.0. The first kappa shape index (κ1) is 77.0. The predicted octanol–water partition coefficient (Wildman–Crippen LogP) is 9.44. The van der Waals surface area contributed by atoms with E-state index in [1.54, 1.807) is 95.7 Å². The molecule has 2 heterocycles. The summed E-state index contributed by atoms with van der Waals surface area (Å²) < 4.78 is 60.3. The number of ketones is 2. The van der Waals surface area contributed by atoms with Crippen LogP contribution in [0.25, 0.3) is 0 Å². The number of aryl methyl sites for hydroxylation is 2. The Labute approximate surface area is 560 Å². The van der Waals surface area contributed by atoms with Gasteiger partial charge in [0.2, 0.25) is 11.6 Å². The van der Waals surface area contributed by atoms with Crippen LogP contribution >= 0.6 is 0 Å². The van der Waals surface area contributed by atoms with Crippen LogP contribution in [0.2, 0.25) is 0 Å². The highest BCUT2D eigenvalue weighted by Gasteiger charge is 2.44. The summed E-state index contributed by atoms with van der Waals surface area (Å²) in [5.41, 5.74) is -0.374. The standard InChI is InChI=1S/C38H49NO11.C34H41NO11/c1-9-32(40)48-24-38(5,6)34(42)35(43)39-20-11-10-15-28(39)36(44)49-29(18-16-25-17-19-30(45-7)31(21-25)46-8)26-13-12-14-27(22-26)47-23-33(41)50-37(2,3)4;1-6-30(38)45-21-34(2,3)31(39)32(40)35-17-8-7-12-25(35)33(41)46-26(23-10-9-11-24(19-23)44-20-29(36)37)15-13-22-14-16-27(42-4)28(18-22)43-5/h9,12-14,17,19,21-22,28-29H,1,10-11,15-16,18,20,23-24H2,2-8H3;6,9-11,14,16,18-19,25-26H,1,7-8,12-13,15,17,20-21H2,2-5H3,(H,36,37)/t28-,29+;25-,26+/m00/s1. The molecule has 4 atom stereocenters. The fourth-order valence-corrected chi connectivity index (χ4v) is 10.4. The lowest BCUT2D eigenvalue weighted by Crippen LogP contribution is -2.53. The summed E-state index contributed by atoms with van der Waals surface area (Å²) in [7, 11) is 6.17. The zero-order chi connectivity index (χ0) is 70.9. The SMILES string of the molecule is C=CC(=O)OCC(C)(C)C(=O)C(=O)N1CCCC[C@H]1C(=O)O[C@H](CCc1ccc(OC)c(OC)c1)c1cccc(OCC(=O)O)c1.C=CC(=O)OCC(C)(C)C(=O)C(=O)N1CCCC[C@H]1C(=O)O[C@H](CCc1ccc(OC)c(OC)c1)c1cccc(OCC(=O)OC(C)(C)C)c1. The van der Waals surface area contributed by atoms with Crippen molar-refractivity contribution in [1.29, 1.82) is 0 Å². The fourth-order valence-electron chi connectivity index (χ4n) is 10.4. The third-order valence-electron chi connectivity index (χ3n) is 15.6. The average Bonchev–Trinajstić information content (AvgIpc) is 0.828. The molecular formula is C72H90N2O22. The average molecular weight is 1340 g/mol. The van der Waals surface area contributed by atoms with Gasteiger partial charge in [-0.05, 0) is 183 Å². The van der Waals surface area contributed by atoms with Crippen LogP contribution in [-0.4, -0.2) is 160 Å². The maximum Gasteiger partial charge on any atom is 0.344 e. The van der Waals surface area contributed by atoms with Gasteiger partial charge < -0.3 is 67.0 Å². The van der Waals surface area contributed by atoms with Crippen molar-refractivity contribution in [2.24, 2.45) is 10.8 Å². The highest BCUT2D eigenvalue weighted by atomic mass is 16.6. The Morgan fingerprint density at radius 3 is 1.29 bits per heavy atom. The van der Waals surface area contributed by atoms with E-state index in [0.29, 0.717) is 104 Å². The number of carbonyl (C=O) groups excluding carboxylic acids is 9. The first-order valence-electron chi connectivity index (χ1n) is 31.5. The number of carboxylic acids is 1. The van der Waals surface area contributed by atoms with Crippen molar-refractivity contribution in [3.8, 4) is 34.5 Å². The molecule has 24 heteroatoms. The molecular weight excluding hydrogens is 1240 g/mol. The molecule has 2 aliphatic heterocycles. The number of piperidine rings is 2. The van der Waals surface area contributed by atoms with E-state index in [2.05, 4.69) is 13.2 Å². The number of carbonyl (C=O) groups is 10. The van der Waals surface area contributed by atoms with E-state index in [9.17, 15) is 47.9 Å². The quantitative estimate of drug-likeness (QED) is 0.0206. The third kappa shape index (κ3) is 23.0. The molecule has 0 aliphatic carbocycles. The van der Waals surface area contributed by atoms with Crippen LogP contribution < -0.4 is 28.4 Å². The van der Waals surface area contributed by atoms with Crippen LogP contribution in [-0.2, 0) is 84.5 Å². The second kappa shape index (κ2) is 36.2. The molecule has 0 bridgehead atoms. The Balaban J connectivity index is 0.000000348. The van der Waals surface area contributed by atoms with E-state index in [-0.39, 0.29) is 38.7 Å². The molecule has 6 rings (SSSR count). The van der Waals surface area contributed by atoms with Gasteiger partial charge in [-0.2, -0.15) is 0 Å². The topological polar surface area (TPSA) is 299 Å². The number of hydrogen-bond acceptors (Lipinski definition) is 21. The van der Waals surface area contributed by atoms with Gasteiger partial charge in [-0.15, -0.1) is 0 Å². The lowest BCUT2D eigenvalue weighted by atomic mass is 9.87. The second-order valence-corrected chi connectivity index (χ2v) is 25.1. The smallest absolute Gasteiger partial charge is 0.344 e. The number of likely N-dealkylation sites (tertiary alicyclic amines) is 2. The van der Waals surface area contributed by atoms with Crippen molar-refractivity contribution in [2.75, 3.05) is 68.0 Å². The predicted molar refractivity (Wildman–Crippen MR) is 349 cm³/mol. The monoisotopic (exact) mass is 1330 g/mol. The molecule has 0 saturated carbocycles. The van der Waals surface area contributed by atoms with Crippen molar-refractivity contribution in [3.63, 3.8) is 0 Å². The summed E-state index contributed by atoms with van der Waals surface area (Å²) in [4.78, 5) is 130. The van der Waals surface area contributed by atoms with E-state index < -0.39 is 107 Å². The van der Waals surface area contributed by atoms with E-state index in [1.807, 2.05) is 24.3 Å². The van der Waals surface area contributed by atoms with Gasteiger partial charge in [0.05, 0.1) is 39.3 Å². The van der Waals surface area contributed by atoms with Crippen LogP contribution in [0, 0.1) is 10.8 Å². The minimum Gasteiger partial charge on any atom is -0.493 e. The van der Waals surface area contributed by atoms with Crippen molar-refractivity contribution in [1.82, 2.24) is 9.80 Å². The Bertz CT molecular complexity index is 3420. The number of hydrogen-bond donors (Lipinski definition) is 1. The van der Waals surface area contributed by atoms with Gasteiger partial charge in [-0.1, -0.05) is 49.6 Å². The summed E-state index contributed by atoms with van der Waals surface area (Å²) >= 11 is 0. The van der Waals surface area contributed by atoms with E-state index >= 15 is 0 Å². The summed E-state index contributed by atoms with van der Waals surface area (Å²) in [6.45, 7) is 16.8. The van der Waals surface area contributed by atoms with Gasteiger partial charge in [0.25, 0.3) is 11.8 Å². The minimum atomic E-state index is -1.33. The van der Waals surface area contributed by atoms with Crippen LogP contribution in [0.1, 0.15) is 134 Å². The lowest BCUT2D eigenvalue weighted by Gasteiger charge is -2.36. The number of ether oxygens (including phenoxy) is 11. The Morgan fingerprint density at radius 1 is 0.531 bits per heavy atom. The molecule has 0 radical (unpaired) electrons. The number of benzene rings is 4. The number of carboxylic acid groups (broad SMARTS) is 1. The molecule has 0 aromatic heterocycles. The number of aliphatic carboxylic acids is 1. The number of Topliss-reactive ketones (excluding diaryl/α,β-unsaturated/α-hetero) is 2. The van der Waals surface area contributed by atoms with Gasteiger partial charge in [0, 0.05) is 25.2 Å². The van der Waals surface area contributed by atoms with Gasteiger partial charge in [0.15, 0.2) is 36.2 Å². The van der Waals surface area contributed by atoms with Crippen LogP contribution in [0.4, 0.5) is 0 Å². The number of methoxy groups -OCH3 is 4. The molecule has 96 heavy (non-hydrogen) atoms. The molecule has 4 aromatic carbocycles. The summed E-state index contributed by atoms with van der Waals surface area (Å²) in [5, 5.41) is 9.04. The summed E-state index contributed by atoms with van der Waals surface area (Å²) in [6, 6.07) is 22.5. The molecule has 0 unspecified atom stereocenters. The highest BCUT2D eigenvalue weighted by Crippen LogP contribution is 2.36. The first-order valence-corrected chi connectivity index (χ1v) is 31.5. The van der Waals surface area contributed by atoms with E-state index in [1.165, 1.54) is 51.7 Å². The van der Waals surface area contributed by atoms with Crippen molar-refractivity contribution in [3.05, 3.63) is 132 Å². The van der Waals surface area contributed by atoms with Crippen molar-refractivity contribution < 1.29 is 105 Å². The third-order valence-corrected chi connectivity index (χ3v) is 15.6. The Hall–Kier alpha value is -9.74. The number of rotatable bonds is 32. The molecule has 2 saturated heterocycles. The molecule has 4 aromatic rings.